The SMILES string of the molecule is CC1(C)c2ccc(-c3c4ccccc4c(-c4ccc(-c5ccccc5)cc4)c4ccccc34)cc2-c2ccc3c(sc4c5ccccc5ccc34)c21. The van der Waals surface area contributed by atoms with Crippen LogP contribution in [0.4, 0.5) is 0 Å². The van der Waals surface area contributed by atoms with E-state index in [0.29, 0.717) is 0 Å². The van der Waals surface area contributed by atoms with Crippen LogP contribution < -0.4 is 0 Å². The van der Waals surface area contributed by atoms with Crippen LogP contribution in [0.25, 0.3) is 97.0 Å². The molecule has 0 aliphatic heterocycles. The number of benzene rings is 9. The van der Waals surface area contributed by atoms with Gasteiger partial charge < -0.3 is 0 Å². The van der Waals surface area contributed by atoms with E-state index < -0.39 is 0 Å². The third-order valence-corrected chi connectivity index (χ3v) is 12.9. The van der Waals surface area contributed by atoms with E-state index in [1.807, 2.05) is 11.3 Å². The molecule has 0 spiro atoms. The highest BCUT2D eigenvalue weighted by atomic mass is 32.1. The maximum Gasteiger partial charge on any atom is 0.0433 e. The van der Waals surface area contributed by atoms with Crippen LogP contribution in [0.3, 0.4) is 0 Å². The molecule has 0 bridgehead atoms. The molecule has 0 N–H and O–H groups in total. The molecule has 0 saturated heterocycles. The van der Waals surface area contributed by atoms with Crippen LogP contribution >= 0.6 is 11.3 Å². The predicted molar refractivity (Wildman–Crippen MR) is 226 cm³/mol. The molecular weight excluding hydrogens is 645 g/mol. The van der Waals surface area contributed by atoms with Gasteiger partial charge in [0.15, 0.2) is 0 Å². The van der Waals surface area contributed by atoms with E-state index in [0.717, 1.165) is 0 Å². The molecule has 1 aliphatic rings. The van der Waals surface area contributed by atoms with Gasteiger partial charge in [-0.15, -0.1) is 11.3 Å². The summed E-state index contributed by atoms with van der Waals surface area (Å²) in [5, 5.41) is 10.5. The molecule has 1 heterocycles. The molecular formula is C51H34S. The zero-order valence-electron chi connectivity index (χ0n) is 29.1. The first-order chi connectivity index (χ1) is 25.6. The Hall–Kier alpha value is -6.02. The van der Waals surface area contributed by atoms with Crippen LogP contribution in [0.5, 0.6) is 0 Å². The minimum atomic E-state index is -0.112. The van der Waals surface area contributed by atoms with Crippen LogP contribution in [0.2, 0.25) is 0 Å². The number of hydrogen-bond acceptors (Lipinski definition) is 1. The van der Waals surface area contributed by atoms with Gasteiger partial charge in [0.05, 0.1) is 0 Å². The van der Waals surface area contributed by atoms with Gasteiger partial charge in [0, 0.05) is 25.6 Å². The molecule has 0 nitrogen and oxygen atoms in total. The van der Waals surface area contributed by atoms with Crippen molar-refractivity contribution in [2.24, 2.45) is 0 Å². The minimum Gasteiger partial charge on any atom is -0.134 e. The summed E-state index contributed by atoms with van der Waals surface area (Å²) in [5.41, 5.74) is 13.1. The highest BCUT2D eigenvalue weighted by Gasteiger charge is 2.38. The molecule has 10 aromatic rings. The first-order valence-electron chi connectivity index (χ1n) is 18.2. The Kier molecular flexibility index (Phi) is 6.27. The maximum absolute atomic E-state index is 2.49. The third-order valence-electron chi connectivity index (χ3n) is 11.6. The van der Waals surface area contributed by atoms with Crippen molar-refractivity contribution in [1.29, 1.82) is 0 Å². The molecule has 0 unspecified atom stereocenters. The van der Waals surface area contributed by atoms with E-state index in [-0.39, 0.29) is 5.41 Å². The van der Waals surface area contributed by atoms with Crippen LogP contribution in [0.15, 0.2) is 170 Å². The Bertz CT molecular complexity index is 3010. The molecule has 1 heteroatoms. The van der Waals surface area contributed by atoms with Gasteiger partial charge in [-0.05, 0) is 94.0 Å². The van der Waals surface area contributed by atoms with Gasteiger partial charge in [0.1, 0.15) is 0 Å². The molecule has 9 aromatic carbocycles. The predicted octanol–water partition coefficient (Wildman–Crippen LogP) is 14.8. The second-order valence-electron chi connectivity index (χ2n) is 14.8. The van der Waals surface area contributed by atoms with Gasteiger partial charge in [-0.25, -0.2) is 0 Å². The molecule has 0 saturated carbocycles. The summed E-state index contributed by atoms with van der Waals surface area (Å²) in [4.78, 5) is 0. The number of hydrogen-bond donors (Lipinski definition) is 0. The Morgan fingerprint density at radius 1 is 0.365 bits per heavy atom. The Balaban J connectivity index is 1.12. The lowest BCUT2D eigenvalue weighted by molar-refractivity contribution is 0.667. The molecule has 1 aliphatic carbocycles. The average molecular weight is 679 g/mol. The molecule has 52 heavy (non-hydrogen) atoms. The van der Waals surface area contributed by atoms with Gasteiger partial charge >= 0.3 is 0 Å². The second kappa shape index (κ2) is 11.0. The normalized spacial score (nSPS) is 13.3. The monoisotopic (exact) mass is 678 g/mol. The molecule has 0 fully saturated rings. The minimum absolute atomic E-state index is 0.112. The lowest BCUT2D eigenvalue weighted by atomic mass is 9.81. The van der Waals surface area contributed by atoms with E-state index >= 15 is 0 Å². The van der Waals surface area contributed by atoms with Crippen LogP contribution in [0, 0.1) is 0 Å². The van der Waals surface area contributed by atoms with Crippen molar-refractivity contribution in [3.8, 4) is 44.5 Å². The van der Waals surface area contributed by atoms with E-state index in [1.165, 1.54) is 108 Å². The third kappa shape index (κ3) is 4.15. The van der Waals surface area contributed by atoms with Gasteiger partial charge in [0.2, 0.25) is 0 Å². The van der Waals surface area contributed by atoms with E-state index in [4.69, 9.17) is 0 Å². The van der Waals surface area contributed by atoms with Gasteiger partial charge in [-0.1, -0.05) is 178 Å². The van der Waals surface area contributed by atoms with Gasteiger partial charge in [-0.2, -0.15) is 0 Å². The number of rotatable bonds is 3. The van der Waals surface area contributed by atoms with Crippen molar-refractivity contribution in [2.75, 3.05) is 0 Å². The summed E-state index contributed by atoms with van der Waals surface area (Å²) < 4.78 is 2.81. The van der Waals surface area contributed by atoms with Crippen molar-refractivity contribution >= 4 is 63.8 Å². The lowest BCUT2D eigenvalue weighted by Gasteiger charge is -2.22. The molecule has 11 rings (SSSR count). The Morgan fingerprint density at radius 2 is 0.885 bits per heavy atom. The van der Waals surface area contributed by atoms with E-state index in [2.05, 4.69) is 184 Å². The summed E-state index contributed by atoms with van der Waals surface area (Å²) in [6, 6.07) is 63.2. The summed E-state index contributed by atoms with van der Waals surface area (Å²) in [6.45, 7) is 4.84. The molecule has 244 valence electrons. The molecule has 1 aromatic heterocycles. The largest absolute Gasteiger partial charge is 0.134 e. The summed E-state index contributed by atoms with van der Waals surface area (Å²) in [7, 11) is 0. The Labute approximate surface area is 307 Å². The van der Waals surface area contributed by atoms with Gasteiger partial charge in [-0.3, -0.25) is 0 Å². The average Bonchev–Trinajstić information content (AvgIpc) is 3.69. The van der Waals surface area contributed by atoms with Crippen molar-refractivity contribution in [3.05, 3.63) is 181 Å². The maximum atomic E-state index is 2.49. The zero-order valence-corrected chi connectivity index (χ0v) is 29.9. The fourth-order valence-electron chi connectivity index (χ4n) is 9.23. The molecule has 0 radical (unpaired) electrons. The topological polar surface area (TPSA) is 0 Å². The van der Waals surface area contributed by atoms with Crippen molar-refractivity contribution < 1.29 is 0 Å². The summed E-state index contributed by atoms with van der Waals surface area (Å²) in [5.74, 6) is 0. The molecule has 0 atom stereocenters. The van der Waals surface area contributed by atoms with Crippen LogP contribution in [-0.2, 0) is 5.41 Å². The zero-order chi connectivity index (χ0) is 34.6. The smallest absolute Gasteiger partial charge is 0.0433 e. The van der Waals surface area contributed by atoms with Crippen LogP contribution in [-0.4, -0.2) is 0 Å². The highest BCUT2D eigenvalue weighted by Crippen LogP contribution is 2.55. The second-order valence-corrected chi connectivity index (χ2v) is 15.8. The fourth-order valence-corrected chi connectivity index (χ4v) is 10.8. The van der Waals surface area contributed by atoms with Gasteiger partial charge in [0.25, 0.3) is 0 Å². The number of fused-ring (bicyclic) bond motifs is 11. The van der Waals surface area contributed by atoms with Crippen molar-refractivity contribution in [2.45, 2.75) is 19.3 Å². The van der Waals surface area contributed by atoms with E-state index in [9.17, 15) is 0 Å². The van der Waals surface area contributed by atoms with Crippen molar-refractivity contribution in [1.82, 2.24) is 0 Å². The summed E-state index contributed by atoms with van der Waals surface area (Å²) >= 11 is 1.97. The quantitative estimate of drug-likeness (QED) is 0.163. The Morgan fingerprint density at radius 3 is 1.58 bits per heavy atom. The highest BCUT2D eigenvalue weighted by molar-refractivity contribution is 7.27. The standard InChI is InChI=1S/C51H34S/c1-51(2)45-29-25-35(30-44(45)41-27-28-43-42-26-24-33-14-6-7-15-36(33)49(42)52-50(43)48(41)51)47-39-18-10-8-16-37(39)46(38-17-9-11-19-40(38)47)34-22-20-32(21-23-34)31-12-4-3-5-13-31/h3-30H,1-2H3. The lowest BCUT2D eigenvalue weighted by Crippen LogP contribution is -2.15. The summed E-state index contributed by atoms with van der Waals surface area (Å²) in [6.07, 6.45) is 0. The molecule has 0 amide bonds. The fraction of sp³-hybridized carbons (Fsp3) is 0.0588. The first kappa shape index (κ1) is 29.7. The van der Waals surface area contributed by atoms with E-state index in [1.54, 1.807) is 0 Å². The van der Waals surface area contributed by atoms with Crippen molar-refractivity contribution in [3.63, 3.8) is 0 Å². The first-order valence-corrected chi connectivity index (χ1v) is 19.0. The number of thiophene rings is 1. The van der Waals surface area contributed by atoms with Crippen LogP contribution in [0.1, 0.15) is 25.0 Å².